The summed E-state index contributed by atoms with van der Waals surface area (Å²) >= 11 is 0. The largest absolute Gasteiger partial charge is 0.497 e. The Morgan fingerprint density at radius 2 is 1.84 bits per heavy atom. The second-order valence-corrected chi connectivity index (χ2v) is 6.57. The van der Waals surface area contributed by atoms with E-state index in [1.807, 2.05) is 0 Å². The molecular formula is C22H19F4N3O2. The van der Waals surface area contributed by atoms with Gasteiger partial charge in [0, 0.05) is 18.0 Å². The molecule has 1 heterocycles. The molecule has 9 heteroatoms. The Labute approximate surface area is 176 Å². The monoisotopic (exact) mass is 433 g/mol. The van der Waals surface area contributed by atoms with Crippen LogP contribution in [0.25, 0.3) is 0 Å². The van der Waals surface area contributed by atoms with Crippen LogP contribution in [0.4, 0.5) is 28.0 Å². The molecule has 2 aromatic carbocycles. The molecule has 2 N–H and O–H groups in total. The lowest BCUT2D eigenvalue weighted by Gasteiger charge is -2.23. The molecule has 0 fully saturated rings. The zero-order chi connectivity index (χ0) is 22.4. The molecule has 0 aliphatic heterocycles. The van der Waals surface area contributed by atoms with Gasteiger partial charge in [-0.05, 0) is 35.4 Å². The van der Waals surface area contributed by atoms with Crippen LogP contribution < -0.4 is 15.4 Å². The topological polar surface area (TPSA) is 63.2 Å². The van der Waals surface area contributed by atoms with Gasteiger partial charge in [0.05, 0.1) is 24.4 Å². The molecule has 0 aliphatic carbocycles. The molecule has 0 unspecified atom stereocenters. The van der Waals surface area contributed by atoms with Crippen molar-refractivity contribution in [3.63, 3.8) is 0 Å². The van der Waals surface area contributed by atoms with Crippen LogP contribution in [0, 0.1) is 0 Å². The smallest absolute Gasteiger partial charge is 0.418 e. The van der Waals surface area contributed by atoms with Crippen LogP contribution >= 0.6 is 0 Å². The van der Waals surface area contributed by atoms with Crippen LogP contribution in [0.3, 0.4) is 0 Å². The molecule has 0 bridgehead atoms. The number of hydrogen-bond donors (Lipinski definition) is 2. The summed E-state index contributed by atoms with van der Waals surface area (Å²) in [6.07, 6.45) is -3.46. The van der Waals surface area contributed by atoms with E-state index >= 15 is 0 Å². The van der Waals surface area contributed by atoms with E-state index in [0.717, 1.165) is 6.07 Å². The van der Waals surface area contributed by atoms with Gasteiger partial charge >= 0.3 is 12.2 Å². The third kappa shape index (κ3) is 5.50. The van der Waals surface area contributed by atoms with E-state index in [-0.39, 0.29) is 5.69 Å². The number of halogens is 4. The number of benzene rings is 2. The second kappa shape index (κ2) is 9.46. The van der Waals surface area contributed by atoms with E-state index in [1.165, 1.54) is 43.6 Å². The molecular weight excluding hydrogens is 414 g/mol. The van der Waals surface area contributed by atoms with Crippen molar-refractivity contribution in [1.29, 1.82) is 0 Å². The number of carbonyl (C=O) groups is 1. The van der Waals surface area contributed by atoms with E-state index in [1.54, 1.807) is 24.3 Å². The van der Waals surface area contributed by atoms with E-state index in [2.05, 4.69) is 15.6 Å². The van der Waals surface area contributed by atoms with Gasteiger partial charge in [-0.2, -0.15) is 13.2 Å². The molecule has 0 spiro atoms. The Morgan fingerprint density at radius 1 is 1.10 bits per heavy atom. The number of hydrogen-bond acceptors (Lipinski definition) is 3. The van der Waals surface area contributed by atoms with Crippen molar-refractivity contribution >= 4 is 11.7 Å². The average molecular weight is 433 g/mol. The molecule has 162 valence electrons. The molecule has 0 saturated heterocycles. The molecule has 2 amide bonds. The molecule has 3 rings (SSSR count). The molecule has 0 radical (unpaired) electrons. The van der Waals surface area contributed by atoms with Gasteiger partial charge in [0.1, 0.15) is 12.4 Å². The van der Waals surface area contributed by atoms with Crippen LogP contribution in [0.15, 0.2) is 66.9 Å². The number of amides is 2. The van der Waals surface area contributed by atoms with Gasteiger partial charge < -0.3 is 15.4 Å². The van der Waals surface area contributed by atoms with Gasteiger partial charge in [0.15, 0.2) is 0 Å². The molecule has 1 atom stereocenters. The maximum atomic E-state index is 13.6. The summed E-state index contributed by atoms with van der Waals surface area (Å²) < 4.78 is 58.7. The Balaban J connectivity index is 1.95. The van der Waals surface area contributed by atoms with Crippen molar-refractivity contribution < 1.29 is 27.1 Å². The van der Waals surface area contributed by atoms with Crippen LogP contribution in [-0.2, 0) is 12.9 Å². The Hall–Kier alpha value is -3.62. The third-order valence-corrected chi connectivity index (χ3v) is 4.49. The summed E-state index contributed by atoms with van der Waals surface area (Å²) in [7, 11) is 1.47. The van der Waals surface area contributed by atoms with Gasteiger partial charge in [-0.1, -0.05) is 30.3 Å². The number of anilines is 1. The van der Waals surface area contributed by atoms with Gasteiger partial charge in [-0.3, -0.25) is 4.98 Å². The fourth-order valence-corrected chi connectivity index (χ4v) is 3.00. The van der Waals surface area contributed by atoms with Crippen LogP contribution in [0.5, 0.6) is 5.75 Å². The summed E-state index contributed by atoms with van der Waals surface area (Å²) in [6, 6.07) is 12.4. The van der Waals surface area contributed by atoms with Crippen molar-refractivity contribution in [2.24, 2.45) is 0 Å². The summed E-state index contributed by atoms with van der Waals surface area (Å²) in [6.45, 7) is -0.716. The lowest BCUT2D eigenvalue weighted by Crippen LogP contribution is -2.34. The first kappa shape index (κ1) is 22.1. The van der Waals surface area contributed by atoms with E-state index < -0.39 is 30.5 Å². The standard InChI is InChI=1S/C22H19F4N3O2/c1-31-17-5-2-4-16(12-17)28-21(30)29-19(15-9-7-14(13-23)8-10-15)20-18(22(24,25)26)6-3-11-27-20/h2-12,19H,13H2,1H3,(H2,28,29,30)/t19-/m0/s1. The quantitative estimate of drug-likeness (QED) is 0.506. The van der Waals surface area contributed by atoms with Gasteiger partial charge in [0.2, 0.25) is 0 Å². The molecule has 0 saturated carbocycles. The predicted molar refractivity (Wildman–Crippen MR) is 107 cm³/mol. The number of carbonyl (C=O) groups excluding carboxylic acids is 1. The highest BCUT2D eigenvalue weighted by atomic mass is 19.4. The minimum atomic E-state index is -4.67. The van der Waals surface area contributed by atoms with Crippen LogP contribution in [-0.4, -0.2) is 18.1 Å². The minimum Gasteiger partial charge on any atom is -0.497 e. The highest BCUT2D eigenvalue weighted by Gasteiger charge is 2.37. The summed E-state index contributed by atoms with van der Waals surface area (Å²) in [4.78, 5) is 16.5. The van der Waals surface area contributed by atoms with Gasteiger partial charge in [-0.25, -0.2) is 9.18 Å². The average Bonchev–Trinajstić information content (AvgIpc) is 2.77. The molecule has 1 aromatic heterocycles. The van der Waals surface area contributed by atoms with Crippen molar-refractivity contribution in [3.05, 3.63) is 89.2 Å². The first-order chi connectivity index (χ1) is 14.8. The Morgan fingerprint density at radius 3 is 2.48 bits per heavy atom. The molecule has 3 aromatic rings. The minimum absolute atomic E-state index is 0.321. The first-order valence-electron chi connectivity index (χ1n) is 9.20. The number of pyridine rings is 1. The number of aromatic nitrogens is 1. The summed E-state index contributed by atoms with van der Waals surface area (Å²) in [5, 5.41) is 5.11. The van der Waals surface area contributed by atoms with Gasteiger partial charge in [0.25, 0.3) is 0 Å². The molecule has 31 heavy (non-hydrogen) atoms. The van der Waals surface area contributed by atoms with Crippen LogP contribution in [0.2, 0.25) is 0 Å². The van der Waals surface area contributed by atoms with E-state index in [4.69, 9.17) is 4.74 Å². The molecule has 5 nitrogen and oxygen atoms in total. The van der Waals surface area contributed by atoms with Gasteiger partial charge in [-0.15, -0.1) is 0 Å². The highest BCUT2D eigenvalue weighted by Crippen LogP contribution is 2.35. The highest BCUT2D eigenvalue weighted by molar-refractivity contribution is 5.90. The third-order valence-electron chi connectivity index (χ3n) is 4.49. The number of ether oxygens (including phenoxy) is 1. The van der Waals surface area contributed by atoms with Crippen molar-refractivity contribution in [2.75, 3.05) is 12.4 Å². The number of rotatable bonds is 6. The van der Waals surface area contributed by atoms with E-state index in [9.17, 15) is 22.4 Å². The fraction of sp³-hybridized carbons (Fsp3) is 0.182. The number of nitrogens with one attached hydrogen (secondary N) is 2. The Bertz CT molecular complexity index is 1040. The van der Waals surface area contributed by atoms with Crippen LogP contribution in [0.1, 0.15) is 28.4 Å². The maximum absolute atomic E-state index is 13.6. The van der Waals surface area contributed by atoms with E-state index in [0.29, 0.717) is 22.6 Å². The fourth-order valence-electron chi connectivity index (χ4n) is 3.00. The zero-order valence-corrected chi connectivity index (χ0v) is 16.4. The SMILES string of the molecule is COc1cccc(NC(=O)N[C@@H](c2ccc(CF)cc2)c2ncccc2C(F)(F)F)c1. The van der Waals surface area contributed by atoms with Crippen molar-refractivity contribution in [2.45, 2.75) is 18.9 Å². The summed E-state index contributed by atoms with van der Waals surface area (Å²) in [5.41, 5.74) is -0.275. The second-order valence-electron chi connectivity index (χ2n) is 6.57. The normalized spacial score (nSPS) is 12.2. The number of methoxy groups -OCH3 is 1. The lowest BCUT2D eigenvalue weighted by atomic mass is 9.98. The number of alkyl halides is 4. The van der Waals surface area contributed by atoms with Crippen molar-refractivity contribution in [1.82, 2.24) is 10.3 Å². The molecule has 0 aliphatic rings. The first-order valence-corrected chi connectivity index (χ1v) is 9.20. The summed E-state index contributed by atoms with van der Waals surface area (Å²) in [5.74, 6) is 0.500. The van der Waals surface area contributed by atoms with Crippen molar-refractivity contribution in [3.8, 4) is 5.75 Å². The number of urea groups is 1. The predicted octanol–water partition coefficient (Wildman–Crippen LogP) is 5.49. The zero-order valence-electron chi connectivity index (χ0n) is 16.4. The maximum Gasteiger partial charge on any atom is 0.418 e. The number of nitrogens with zero attached hydrogens (tertiary/aromatic N) is 1. The lowest BCUT2D eigenvalue weighted by molar-refractivity contribution is -0.138. The Kier molecular flexibility index (Phi) is 6.74.